The fourth-order valence-corrected chi connectivity index (χ4v) is 3.00. The molecule has 0 atom stereocenters. The third-order valence-electron chi connectivity index (χ3n) is 2.23. The molecule has 0 amide bonds. The summed E-state index contributed by atoms with van der Waals surface area (Å²) < 4.78 is 1.47. The lowest BCUT2D eigenvalue weighted by Crippen LogP contribution is -2.10. The van der Waals surface area contributed by atoms with Crippen LogP contribution < -0.4 is 5.56 Å². The van der Waals surface area contributed by atoms with E-state index in [1.54, 1.807) is 0 Å². The normalized spacial score (nSPS) is 11.1. The Kier molecular flexibility index (Phi) is 3.70. The summed E-state index contributed by atoms with van der Waals surface area (Å²) in [4.78, 5) is 19.6. The Morgan fingerprint density at radius 1 is 1.47 bits per heavy atom. The van der Waals surface area contributed by atoms with Crippen molar-refractivity contribution in [3.05, 3.63) is 37.0 Å². The lowest BCUT2D eigenvalue weighted by molar-refractivity contribution is 0.812. The number of rotatable bonds is 2. The Labute approximate surface area is 116 Å². The van der Waals surface area contributed by atoms with Crippen LogP contribution in [0.15, 0.2) is 21.4 Å². The van der Waals surface area contributed by atoms with E-state index in [-0.39, 0.29) is 11.5 Å². The Bertz CT molecular complexity index is 586. The van der Waals surface area contributed by atoms with Crippen LogP contribution in [0.3, 0.4) is 0 Å². The summed E-state index contributed by atoms with van der Waals surface area (Å²) in [6.45, 7) is 4.01. The molecular weight excluding hydrogens is 324 g/mol. The summed E-state index contributed by atoms with van der Waals surface area (Å²) in [5.41, 5.74) is 0.642. The molecule has 0 saturated carbocycles. The molecule has 0 fully saturated rings. The minimum Gasteiger partial charge on any atom is -0.306 e. The molecule has 2 heterocycles. The summed E-state index contributed by atoms with van der Waals surface area (Å²) in [5.74, 6) is 0.786. The van der Waals surface area contributed by atoms with Gasteiger partial charge in [0.05, 0.1) is 10.6 Å². The Morgan fingerprint density at radius 3 is 2.71 bits per heavy atom. The van der Waals surface area contributed by atoms with Crippen molar-refractivity contribution >= 4 is 38.9 Å². The van der Waals surface area contributed by atoms with Gasteiger partial charge in [-0.05, 0) is 27.9 Å². The van der Waals surface area contributed by atoms with Crippen LogP contribution in [0.25, 0.3) is 10.7 Å². The van der Waals surface area contributed by atoms with Gasteiger partial charge in [-0.3, -0.25) is 4.79 Å². The number of hydrogen-bond donors (Lipinski definition) is 1. The zero-order chi connectivity index (χ0) is 12.6. The average molecular weight is 334 g/mol. The molecule has 0 aromatic carbocycles. The van der Waals surface area contributed by atoms with E-state index in [2.05, 4.69) is 25.9 Å². The molecule has 0 bridgehead atoms. The molecule has 0 aliphatic carbocycles. The summed E-state index contributed by atoms with van der Waals surface area (Å²) in [7, 11) is 0. The zero-order valence-corrected chi connectivity index (χ0v) is 12.4. The highest BCUT2D eigenvalue weighted by molar-refractivity contribution is 9.10. The van der Waals surface area contributed by atoms with Crippen molar-refractivity contribution in [2.45, 2.75) is 19.8 Å². The predicted molar refractivity (Wildman–Crippen MR) is 75.0 cm³/mol. The molecule has 0 radical (unpaired) electrons. The quantitative estimate of drug-likeness (QED) is 0.901. The number of halogens is 2. The molecule has 2 rings (SSSR count). The number of nitrogens with one attached hydrogen (secondary N) is 1. The van der Waals surface area contributed by atoms with Crippen molar-refractivity contribution in [2.24, 2.45) is 0 Å². The van der Waals surface area contributed by atoms with Crippen molar-refractivity contribution in [3.63, 3.8) is 0 Å². The van der Waals surface area contributed by atoms with Crippen molar-refractivity contribution < 1.29 is 0 Å². The van der Waals surface area contributed by atoms with Gasteiger partial charge in [0.1, 0.15) is 4.34 Å². The fourth-order valence-electron chi connectivity index (χ4n) is 1.35. The molecule has 0 spiro atoms. The number of nitrogens with zero attached hydrogens (tertiary/aromatic N) is 1. The van der Waals surface area contributed by atoms with E-state index in [0.717, 1.165) is 15.0 Å². The molecule has 17 heavy (non-hydrogen) atoms. The van der Waals surface area contributed by atoms with E-state index in [4.69, 9.17) is 11.6 Å². The number of aromatic nitrogens is 2. The van der Waals surface area contributed by atoms with Gasteiger partial charge in [0.25, 0.3) is 5.56 Å². The maximum Gasteiger partial charge on any atom is 0.251 e. The van der Waals surface area contributed by atoms with Gasteiger partial charge in [0.2, 0.25) is 0 Å². The van der Waals surface area contributed by atoms with Gasteiger partial charge in [-0.15, -0.1) is 11.3 Å². The molecule has 0 aliphatic rings. The van der Waals surface area contributed by atoms with E-state index in [1.807, 2.05) is 19.9 Å². The van der Waals surface area contributed by atoms with Gasteiger partial charge >= 0.3 is 0 Å². The van der Waals surface area contributed by atoms with Crippen LogP contribution in [-0.4, -0.2) is 9.97 Å². The highest BCUT2D eigenvalue weighted by Crippen LogP contribution is 2.36. The minimum atomic E-state index is -0.139. The Hall–Kier alpha value is -0.650. The molecule has 2 aromatic rings. The first-order valence-electron chi connectivity index (χ1n) is 5.04. The van der Waals surface area contributed by atoms with Gasteiger partial charge in [0, 0.05) is 10.5 Å². The second kappa shape index (κ2) is 4.92. The monoisotopic (exact) mass is 332 g/mol. The van der Waals surface area contributed by atoms with Gasteiger partial charge in [-0.2, -0.15) is 0 Å². The number of hydrogen-bond acceptors (Lipinski definition) is 3. The van der Waals surface area contributed by atoms with Crippen molar-refractivity contribution in [2.75, 3.05) is 0 Å². The van der Waals surface area contributed by atoms with Crippen molar-refractivity contribution in [1.82, 2.24) is 9.97 Å². The van der Waals surface area contributed by atoms with Crippen LogP contribution in [0.5, 0.6) is 0 Å². The predicted octanol–water partition coefficient (Wildman–Crippen LogP) is 4.04. The SMILES string of the molecule is CC(C)c1cc(=O)[nH]c(-c2cc(Br)c(Cl)s2)n1. The molecule has 1 N–H and O–H groups in total. The number of aromatic amines is 1. The summed E-state index contributed by atoms with van der Waals surface area (Å²) in [5, 5.41) is 0. The first kappa shape index (κ1) is 12.8. The van der Waals surface area contributed by atoms with Crippen molar-refractivity contribution in [1.29, 1.82) is 0 Å². The second-order valence-corrected chi connectivity index (χ2v) is 6.41. The van der Waals surface area contributed by atoms with Crippen LogP contribution >= 0.6 is 38.9 Å². The topological polar surface area (TPSA) is 45.8 Å². The molecule has 90 valence electrons. The Balaban J connectivity index is 2.55. The largest absolute Gasteiger partial charge is 0.306 e. The molecule has 3 nitrogen and oxygen atoms in total. The van der Waals surface area contributed by atoms with E-state index < -0.39 is 0 Å². The van der Waals surface area contributed by atoms with Crippen molar-refractivity contribution in [3.8, 4) is 10.7 Å². The van der Waals surface area contributed by atoms with E-state index in [1.165, 1.54) is 17.4 Å². The van der Waals surface area contributed by atoms with Crippen LogP contribution in [0.1, 0.15) is 25.5 Å². The highest BCUT2D eigenvalue weighted by Gasteiger charge is 2.11. The van der Waals surface area contributed by atoms with Gasteiger partial charge < -0.3 is 4.98 Å². The minimum absolute atomic E-state index is 0.139. The van der Waals surface area contributed by atoms with E-state index in [9.17, 15) is 4.79 Å². The van der Waals surface area contributed by atoms with Gasteiger partial charge in [-0.1, -0.05) is 25.4 Å². The molecule has 6 heteroatoms. The molecular formula is C11H10BrClN2OS. The number of H-pyrrole nitrogens is 1. The number of thiophene rings is 1. The smallest absolute Gasteiger partial charge is 0.251 e. The molecule has 0 unspecified atom stereocenters. The maximum atomic E-state index is 11.5. The van der Waals surface area contributed by atoms with E-state index in [0.29, 0.717) is 10.2 Å². The van der Waals surface area contributed by atoms with Crippen LogP contribution in [-0.2, 0) is 0 Å². The van der Waals surface area contributed by atoms with Crippen LogP contribution in [0.4, 0.5) is 0 Å². The average Bonchev–Trinajstić information content (AvgIpc) is 2.58. The van der Waals surface area contributed by atoms with Gasteiger partial charge in [0.15, 0.2) is 5.82 Å². The third kappa shape index (κ3) is 2.78. The van der Waals surface area contributed by atoms with Gasteiger partial charge in [-0.25, -0.2) is 4.98 Å². The zero-order valence-electron chi connectivity index (χ0n) is 9.25. The Morgan fingerprint density at radius 2 is 2.18 bits per heavy atom. The summed E-state index contributed by atoms with van der Waals surface area (Å²) in [6.07, 6.45) is 0. The lowest BCUT2D eigenvalue weighted by atomic mass is 10.1. The fraction of sp³-hybridized carbons (Fsp3) is 0.273. The highest BCUT2D eigenvalue weighted by atomic mass is 79.9. The van der Waals surface area contributed by atoms with E-state index >= 15 is 0 Å². The second-order valence-electron chi connectivity index (χ2n) is 3.91. The molecule has 0 aliphatic heterocycles. The first-order chi connectivity index (χ1) is 7.97. The maximum absolute atomic E-state index is 11.5. The summed E-state index contributed by atoms with van der Waals surface area (Å²) >= 11 is 10.7. The van der Waals surface area contributed by atoms with Crippen LogP contribution in [0.2, 0.25) is 4.34 Å². The third-order valence-corrected chi connectivity index (χ3v) is 4.71. The lowest BCUT2D eigenvalue weighted by Gasteiger charge is -2.05. The summed E-state index contributed by atoms with van der Waals surface area (Å²) in [6, 6.07) is 3.38. The molecule has 2 aromatic heterocycles. The first-order valence-corrected chi connectivity index (χ1v) is 7.02. The van der Waals surface area contributed by atoms with Crippen LogP contribution in [0, 0.1) is 0 Å². The molecule has 0 saturated heterocycles. The standard InChI is InChI=1S/C11H10BrClN2OS/c1-5(2)7-4-9(16)15-11(14-7)8-3-6(12)10(13)17-8/h3-5H,1-2H3,(H,14,15,16).